The van der Waals surface area contributed by atoms with Crippen molar-refractivity contribution in [1.29, 1.82) is 0 Å². The molecule has 0 spiro atoms. The van der Waals surface area contributed by atoms with Crippen molar-refractivity contribution in [3.63, 3.8) is 0 Å². The number of carbonyl (C=O) groups is 1. The quantitative estimate of drug-likeness (QED) is 0.791. The third-order valence-corrected chi connectivity index (χ3v) is 8.18. The van der Waals surface area contributed by atoms with Gasteiger partial charge >= 0.3 is 6.03 Å². The summed E-state index contributed by atoms with van der Waals surface area (Å²) in [6.45, 7) is 13.1. The first-order chi connectivity index (χ1) is 12.2. The smallest absolute Gasteiger partial charge is 0.317 e. The van der Waals surface area contributed by atoms with E-state index in [9.17, 15) is 9.90 Å². The van der Waals surface area contributed by atoms with Crippen LogP contribution >= 0.6 is 0 Å². The van der Waals surface area contributed by atoms with Gasteiger partial charge in [0, 0.05) is 38.8 Å². The van der Waals surface area contributed by atoms with Gasteiger partial charge in [-0.25, -0.2) is 4.79 Å². The van der Waals surface area contributed by atoms with Crippen molar-refractivity contribution in [1.82, 2.24) is 15.1 Å². The fourth-order valence-corrected chi connectivity index (χ4v) is 6.37. The molecule has 1 heterocycles. The summed E-state index contributed by atoms with van der Waals surface area (Å²) < 4.78 is 0. The van der Waals surface area contributed by atoms with Crippen molar-refractivity contribution in [2.24, 2.45) is 28.6 Å². The van der Waals surface area contributed by atoms with E-state index in [2.05, 4.69) is 45.0 Å². The maximum absolute atomic E-state index is 12.8. The molecule has 2 aliphatic carbocycles. The number of aliphatic hydroxyl groups excluding tert-OH is 1. The van der Waals surface area contributed by atoms with Gasteiger partial charge in [0.05, 0.1) is 0 Å². The average molecular weight is 366 g/mol. The molecule has 1 aliphatic heterocycles. The lowest BCUT2D eigenvalue weighted by molar-refractivity contribution is -0.118. The fraction of sp³-hybridized carbons (Fsp3) is 0.952. The number of rotatable bonds is 2. The van der Waals surface area contributed by atoms with Crippen molar-refractivity contribution in [2.75, 3.05) is 39.8 Å². The zero-order valence-corrected chi connectivity index (χ0v) is 17.4. The van der Waals surface area contributed by atoms with Crippen LogP contribution in [0.3, 0.4) is 0 Å². The summed E-state index contributed by atoms with van der Waals surface area (Å²) in [5.41, 5.74) is 0.461. The van der Waals surface area contributed by atoms with Crippen molar-refractivity contribution in [3.8, 4) is 0 Å². The van der Waals surface area contributed by atoms with E-state index in [0.717, 1.165) is 32.6 Å². The number of carbonyl (C=O) groups excluding carboxylic acids is 1. The minimum Gasteiger partial charge on any atom is -0.396 e. The van der Waals surface area contributed by atoms with Crippen LogP contribution in [0, 0.1) is 28.6 Å². The van der Waals surface area contributed by atoms with E-state index in [0.29, 0.717) is 11.8 Å². The largest absolute Gasteiger partial charge is 0.396 e. The first kappa shape index (κ1) is 19.9. The Morgan fingerprint density at radius 2 is 1.81 bits per heavy atom. The average Bonchev–Trinajstić information content (AvgIpc) is 2.57. The normalized spacial score (nSPS) is 40.8. The second-order valence-corrected chi connectivity index (χ2v) is 10.1. The number of likely N-dealkylation sites (N-methyl/N-ethyl adjacent to an activating group) is 1. The second kappa shape index (κ2) is 7.31. The highest BCUT2D eigenvalue weighted by molar-refractivity contribution is 5.74. The molecule has 2 amide bonds. The minimum absolute atomic E-state index is 0.0869. The maximum atomic E-state index is 12.8. The number of aliphatic hydroxyl groups is 1. The highest BCUT2D eigenvalue weighted by Gasteiger charge is 2.56. The minimum atomic E-state index is 0.0869. The predicted molar refractivity (Wildman–Crippen MR) is 105 cm³/mol. The Morgan fingerprint density at radius 3 is 2.42 bits per heavy atom. The lowest BCUT2D eigenvalue weighted by Gasteiger charge is -2.60. The van der Waals surface area contributed by atoms with Crippen LogP contribution < -0.4 is 5.32 Å². The molecule has 0 bridgehead atoms. The van der Waals surface area contributed by atoms with Gasteiger partial charge in [0.15, 0.2) is 0 Å². The fourth-order valence-electron chi connectivity index (χ4n) is 6.37. The lowest BCUT2D eigenvalue weighted by Crippen LogP contribution is -2.61. The van der Waals surface area contributed by atoms with Crippen molar-refractivity contribution >= 4 is 6.03 Å². The van der Waals surface area contributed by atoms with Crippen LogP contribution in [0.1, 0.15) is 53.4 Å². The topological polar surface area (TPSA) is 55.8 Å². The van der Waals surface area contributed by atoms with Gasteiger partial charge in [-0.1, -0.05) is 34.1 Å². The van der Waals surface area contributed by atoms with Gasteiger partial charge in [0.2, 0.25) is 0 Å². The monoisotopic (exact) mass is 365 g/mol. The van der Waals surface area contributed by atoms with Gasteiger partial charge in [0.25, 0.3) is 0 Å². The number of urea groups is 1. The highest BCUT2D eigenvalue weighted by atomic mass is 16.3. The van der Waals surface area contributed by atoms with E-state index in [4.69, 9.17) is 0 Å². The zero-order chi connectivity index (χ0) is 19.1. The van der Waals surface area contributed by atoms with Gasteiger partial charge < -0.3 is 20.2 Å². The molecule has 1 saturated heterocycles. The Balaban J connectivity index is 1.75. The predicted octanol–water partition coefficient (Wildman–Crippen LogP) is 2.79. The van der Waals surface area contributed by atoms with Crippen LogP contribution in [-0.2, 0) is 0 Å². The van der Waals surface area contributed by atoms with Gasteiger partial charge in [-0.15, -0.1) is 0 Å². The zero-order valence-electron chi connectivity index (χ0n) is 17.4. The van der Waals surface area contributed by atoms with Crippen LogP contribution in [0.2, 0.25) is 0 Å². The summed E-state index contributed by atoms with van der Waals surface area (Å²) in [5.74, 6) is 1.13. The van der Waals surface area contributed by atoms with E-state index in [1.54, 1.807) is 0 Å². The van der Waals surface area contributed by atoms with Crippen molar-refractivity contribution in [2.45, 2.75) is 59.4 Å². The summed E-state index contributed by atoms with van der Waals surface area (Å²) in [6, 6.07) is 0.249. The third-order valence-electron chi connectivity index (χ3n) is 8.18. The molecule has 150 valence electrons. The Morgan fingerprint density at radius 1 is 1.15 bits per heavy atom. The Hall–Kier alpha value is -0.810. The number of amides is 2. The van der Waals surface area contributed by atoms with Gasteiger partial charge in [-0.05, 0) is 54.9 Å². The number of nitrogens with one attached hydrogen (secondary N) is 1. The van der Waals surface area contributed by atoms with E-state index in [1.807, 2.05) is 4.90 Å². The van der Waals surface area contributed by atoms with Gasteiger partial charge in [-0.3, -0.25) is 0 Å². The summed E-state index contributed by atoms with van der Waals surface area (Å²) in [5, 5.41) is 13.6. The first-order valence-electron chi connectivity index (χ1n) is 10.5. The molecule has 0 aromatic rings. The van der Waals surface area contributed by atoms with Crippen LogP contribution in [0.4, 0.5) is 4.79 Å². The third kappa shape index (κ3) is 3.49. The van der Waals surface area contributed by atoms with Crippen LogP contribution in [0.5, 0.6) is 0 Å². The molecule has 3 aliphatic rings. The summed E-state index contributed by atoms with van der Waals surface area (Å²) >= 11 is 0. The summed E-state index contributed by atoms with van der Waals surface area (Å²) in [7, 11) is 2.11. The summed E-state index contributed by atoms with van der Waals surface area (Å²) in [4.78, 5) is 17.1. The molecule has 2 N–H and O–H groups in total. The van der Waals surface area contributed by atoms with E-state index in [1.165, 1.54) is 19.3 Å². The number of fused-ring (bicyclic) bond motifs is 1. The molecule has 2 saturated carbocycles. The molecule has 5 heteroatoms. The molecule has 0 radical (unpaired) electrons. The number of hydrogen-bond donors (Lipinski definition) is 2. The molecular formula is C21H39N3O2. The van der Waals surface area contributed by atoms with Gasteiger partial charge in [0.1, 0.15) is 0 Å². The molecule has 5 nitrogen and oxygen atoms in total. The van der Waals surface area contributed by atoms with Crippen molar-refractivity contribution < 1.29 is 9.90 Å². The molecule has 2 unspecified atom stereocenters. The lowest BCUT2D eigenvalue weighted by atomic mass is 9.46. The Labute approximate surface area is 159 Å². The van der Waals surface area contributed by atoms with E-state index < -0.39 is 0 Å². The summed E-state index contributed by atoms with van der Waals surface area (Å²) in [6.07, 6.45) is 4.75. The van der Waals surface area contributed by atoms with E-state index >= 15 is 0 Å². The molecule has 5 atom stereocenters. The molecule has 0 aromatic heterocycles. The molecule has 3 rings (SSSR count). The SMILES string of the molecule is C[C@H]1C(CO)[C@@]2(C)CCCC(C)(C)C2C[C@H]1NC(=O)N1CCN(C)CC1. The van der Waals surface area contributed by atoms with Gasteiger partial charge in [-0.2, -0.15) is 0 Å². The molecule has 0 aromatic carbocycles. The highest BCUT2D eigenvalue weighted by Crippen LogP contribution is 2.60. The maximum Gasteiger partial charge on any atom is 0.317 e. The van der Waals surface area contributed by atoms with E-state index in [-0.39, 0.29) is 35.4 Å². The van der Waals surface area contributed by atoms with Crippen LogP contribution in [-0.4, -0.2) is 66.8 Å². The number of piperazine rings is 1. The molecule has 26 heavy (non-hydrogen) atoms. The second-order valence-electron chi connectivity index (χ2n) is 10.1. The Kier molecular flexibility index (Phi) is 5.60. The number of nitrogens with zero attached hydrogens (tertiary/aromatic N) is 2. The molecular weight excluding hydrogens is 326 g/mol. The standard InChI is InChI=1S/C21H39N3O2/c1-15-16(14-25)21(4)8-6-7-20(2,3)18(21)13-17(15)22-19(26)24-11-9-23(5)10-12-24/h15-18,25H,6-14H2,1-5H3,(H,22,26)/t15-,16?,17+,18?,21+/m0/s1. The van der Waals surface area contributed by atoms with Crippen LogP contribution in [0.15, 0.2) is 0 Å². The van der Waals surface area contributed by atoms with Crippen molar-refractivity contribution in [3.05, 3.63) is 0 Å². The number of hydrogen-bond acceptors (Lipinski definition) is 3. The van der Waals surface area contributed by atoms with Crippen LogP contribution in [0.25, 0.3) is 0 Å². The first-order valence-corrected chi connectivity index (χ1v) is 10.5. The Bertz CT molecular complexity index is 515. The molecule has 3 fully saturated rings.